The topological polar surface area (TPSA) is 150 Å². The number of carbonyl (C=O) groups excluding carboxylic acids is 2. The highest BCUT2D eigenvalue weighted by atomic mass is 35.5. The van der Waals surface area contributed by atoms with Gasteiger partial charge in [-0.25, -0.2) is 0 Å². The van der Waals surface area contributed by atoms with Gasteiger partial charge in [0.15, 0.2) is 0 Å². The van der Waals surface area contributed by atoms with E-state index in [1.54, 1.807) is 30.2 Å². The van der Waals surface area contributed by atoms with Gasteiger partial charge < -0.3 is 27.5 Å². The normalized spacial score (nSPS) is 16.2. The first-order valence-electron chi connectivity index (χ1n) is 9.41. The number of pyridine rings is 1. The third-order valence-corrected chi connectivity index (χ3v) is 4.35. The Labute approximate surface area is 180 Å². The summed E-state index contributed by atoms with van der Waals surface area (Å²) in [5.74, 6) is 0.122. The second kappa shape index (κ2) is 11.0. The summed E-state index contributed by atoms with van der Waals surface area (Å²) in [6, 6.07) is 1.66. The molecule has 1 aromatic heterocycles. The Balaban J connectivity index is 1.88. The number of amides is 2. The van der Waals surface area contributed by atoms with E-state index in [4.69, 9.17) is 28.5 Å². The highest BCUT2D eigenvalue weighted by Gasteiger charge is 2.21. The number of carbonyl (C=O) groups is 2. The Morgan fingerprint density at radius 2 is 2.10 bits per heavy atom. The van der Waals surface area contributed by atoms with Gasteiger partial charge in [0.1, 0.15) is 11.6 Å². The van der Waals surface area contributed by atoms with Crippen molar-refractivity contribution in [2.45, 2.75) is 26.2 Å². The minimum absolute atomic E-state index is 0.0157. The Morgan fingerprint density at radius 3 is 2.80 bits per heavy atom. The lowest BCUT2D eigenvalue weighted by molar-refractivity contribution is -0.132. The molecule has 2 heterocycles. The van der Waals surface area contributed by atoms with Gasteiger partial charge >= 0.3 is 0 Å². The summed E-state index contributed by atoms with van der Waals surface area (Å²) >= 11 is 5.88. The fraction of sp³-hybridized carbons (Fsp3) is 0.300. The van der Waals surface area contributed by atoms with Crippen molar-refractivity contribution in [3.05, 3.63) is 58.9 Å². The molecule has 0 bridgehead atoms. The van der Waals surface area contributed by atoms with Crippen molar-refractivity contribution >= 4 is 34.8 Å². The van der Waals surface area contributed by atoms with E-state index in [2.05, 4.69) is 15.6 Å². The number of allylic oxidation sites excluding steroid dienone is 3. The molecule has 2 amide bonds. The first kappa shape index (κ1) is 23.0. The summed E-state index contributed by atoms with van der Waals surface area (Å²) in [5.41, 5.74) is 13.1. The van der Waals surface area contributed by atoms with Crippen molar-refractivity contribution in [3.63, 3.8) is 0 Å². The maximum absolute atomic E-state index is 12.5. The Hall–Kier alpha value is -3.33. The monoisotopic (exact) mass is 431 g/mol. The number of hydrogen-bond acceptors (Lipinski definition) is 7. The molecule has 0 aromatic carbocycles. The smallest absolute Gasteiger partial charge is 0.228 e. The summed E-state index contributed by atoms with van der Waals surface area (Å²) in [7, 11) is 0. The largest absolute Gasteiger partial charge is 0.398 e. The van der Waals surface area contributed by atoms with E-state index >= 15 is 0 Å². The van der Waals surface area contributed by atoms with Gasteiger partial charge in [0.2, 0.25) is 11.8 Å². The van der Waals surface area contributed by atoms with E-state index in [0.717, 1.165) is 13.0 Å². The fourth-order valence-electron chi connectivity index (χ4n) is 2.73. The lowest BCUT2D eigenvalue weighted by Gasteiger charge is -2.31. The summed E-state index contributed by atoms with van der Waals surface area (Å²) in [5, 5.41) is 13.7. The van der Waals surface area contributed by atoms with Crippen molar-refractivity contribution in [1.29, 1.82) is 5.41 Å². The summed E-state index contributed by atoms with van der Waals surface area (Å²) in [6.45, 7) is 2.93. The molecule has 1 aliphatic heterocycles. The molecule has 0 saturated carbocycles. The minimum Gasteiger partial charge on any atom is -0.398 e. The quantitative estimate of drug-likeness (QED) is 0.325. The van der Waals surface area contributed by atoms with Crippen LogP contribution in [0.2, 0.25) is 5.02 Å². The zero-order valence-corrected chi connectivity index (χ0v) is 17.5. The molecule has 9 nitrogen and oxygen atoms in total. The van der Waals surface area contributed by atoms with Crippen LogP contribution in [-0.2, 0) is 9.59 Å². The molecule has 0 aliphatic carbocycles. The summed E-state index contributed by atoms with van der Waals surface area (Å²) in [6.07, 6.45) is 8.46. The number of rotatable bonds is 7. The van der Waals surface area contributed by atoms with Crippen LogP contribution in [0.15, 0.2) is 48.3 Å². The summed E-state index contributed by atoms with van der Waals surface area (Å²) < 4.78 is 0. The second-order valence-electron chi connectivity index (χ2n) is 6.72. The highest BCUT2D eigenvalue weighted by molar-refractivity contribution is 6.30. The van der Waals surface area contributed by atoms with E-state index in [9.17, 15) is 9.59 Å². The number of hydrogen-bond donors (Lipinski definition) is 5. The van der Waals surface area contributed by atoms with Gasteiger partial charge in [-0.3, -0.25) is 19.5 Å². The van der Waals surface area contributed by atoms with E-state index < -0.39 is 0 Å². The zero-order valence-electron chi connectivity index (χ0n) is 16.7. The number of nitrogens with one attached hydrogen (secondary N) is 3. The SMILES string of the molecule is CC(=N)/C=C1\NCCCN1C(=O)CCC(=O)N/C(N)=C/C=C(\N)c1cncc(Cl)c1. The number of nitrogens with zero attached hydrogens (tertiary/aromatic N) is 2. The van der Waals surface area contributed by atoms with E-state index in [-0.39, 0.29) is 30.5 Å². The van der Waals surface area contributed by atoms with Gasteiger partial charge in [-0.15, -0.1) is 0 Å². The van der Waals surface area contributed by atoms with Crippen LogP contribution in [-0.4, -0.2) is 40.5 Å². The molecule has 2 rings (SSSR count). The molecule has 1 fully saturated rings. The molecule has 1 saturated heterocycles. The zero-order chi connectivity index (χ0) is 22.1. The molecule has 10 heteroatoms. The van der Waals surface area contributed by atoms with Crippen LogP contribution in [0, 0.1) is 5.41 Å². The van der Waals surface area contributed by atoms with Crippen LogP contribution < -0.4 is 22.1 Å². The standard InChI is InChI=1S/C20H26ClN7O2/c1-13(22)9-18-26-7-2-8-28(18)20(30)6-5-19(29)27-17(24)4-3-16(23)14-10-15(21)12-25-11-14/h3-4,9-12,22,26H,2,5-8,23-24H2,1H3,(H,27,29)/b16-3-,17-4+,18-9+,22-13?. The van der Waals surface area contributed by atoms with Crippen LogP contribution in [0.5, 0.6) is 0 Å². The molecule has 1 aromatic rings. The summed E-state index contributed by atoms with van der Waals surface area (Å²) in [4.78, 5) is 30.1. The second-order valence-corrected chi connectivity index (χ2v) is 7.16. The Morgan fingerprint density at radius 1 is 1.33 bits per heavy atom. The van der Waals surface area contributed by atoms with E-state index in [1.807, 2.05) is 0 Å². The van der Waals surface area contributed by atoms with Crippen molar-refractivity contribution in [2.24, 2.45) is 11.5 Å². The molecule has 30 heavy (non-hydrogen) atoms. The molecule has 160 valence electrons. The van der Waals surface area contributed by atoms with E-state index in [1.165, 1.54) is 18.3 Å². The Bertz CT molecular complexity index is 908. The molecule has 0 unspecified atom stereocenters. The van der Waals surface area contributed by atoms with Crippen LogP contribution in [0.1, 0.15) is 31.7 Å². The van der Waals surface area contributed by atoms with Crippen LogP contribution in [0.3, 0.4) is 0 Å². The van der Waals surface area contributed by atoms with Crippen LogP contribution in [0.4, 0.5) is 0 Å². The van der Waals surface area contributed by atoms with E-state index in [0.29, 0.717) is 34.4 Å². The average Bonchev–Trinajstić information content (AvgIpc) is 2.70. The molecular weight excluding hydrogens is 406 g/mol. The molecule has 0 spiro atoms. The molecular formula is C20H26ClN7O2. The van der Waals surface area contributed by atoms with Crippen LogP contribution >= 0.6 is 11.6 Å². The lowest BCUT2D eigenvalue weighted by atomic mass is 10.2. The molecule has 1 aliphatic rings. The lowest BCUT2D eigenvalue weighted by Crippen LogP contribution is -2.43. The third-order valence-electron chi connectivity index (χ3n) is 4.14. The number of nitrogens with two attached hydrogens (primary N) is 2. The van der Waals surface area contributed by atoms with Gasteiger partial charge in [0.05, 0.1) is 5.02 Å². The van der Waals surface area contributed by atoms with Gasteiger partial charge in [0.25, 0.3) is 0 Å². The third kappa shape index (κ3) is 7.25. The van der Waals surface area contributed by atoms with Crippen LogP contribution in [0.25, 0.3) is 5.70 Å². The number of aromatic nitrogens is 1. The maximum Gasteiger partial charge on any atom is 0.228 e. The number of halogens is 1. The molecule has 0 radical (unpaired) electrons. The maximum atomic E-state index is 12.5. The van der Waals surface area contributed by atoms with Gasteiger partial charge in [0, 0.05) is 55.3 Å². The van der Waals surface area contributed by atoms with Gasteiger partial charge in [-0.1, -0.05) is 11.6 Å². The highest BCUT2D eigenvalue weighted by Crippen LogP contribution is 2.14. The van der Waals surface area contributed by atoms with Gasteiger partial charge in [-0.05, 0) is 37.6 Å². The van der Waals surface area contributed by atoms with Crippen molar-refractivity contribution in [2.75, 3.05) is 13.1 Å². The predicted molar refractivity (Wildman–Crippen MR) is 117 cm³/mol. The van der Waals surface area contributed by atoms with Crippen molar-refractivity contribution < 1.29 is 9.59 Å². The van der Waals surface area contributed by atoms with Crippen molar-refractivity contribution in [3.8, 4) is 0 Å². The van der Waals surface area contributed by atoms with Crippen molar-refractivity contribution in [1.82, 2.24) is 20.5 Å². The molecule has 7 N–H and O–H groups in total. The predicted octanol–water partition coefficient (Wildman–Crippen LogP) is 1.43. The molecule has 0 atom stereocenters. The van der Waals surface area contributed by atoms with Gasteiger partial charge in [-0.2, -0.15) is 0 Å². The first-order valence-corrected chi connectivity index (χ1v) is 9.79. The average molecular weight is 432 g/mol. The Kier molecular flexibility index (Phi) is 8.42. The first-order chi connectivity index (χ1) is 14.3. The fourth-order valence-corrected chi connectivity index (χ4v) is 2.90. The minimum atomic E-state index is -0.382.